The third-order valence-electron chi connectivity index (χ3n) is 4.20. The van der Waals surface area contributed by atoms with Gasteiger partial charge < -0.3 is 20.4 Å². The largest absolute Gasteiger partial charge is 0.459 e. The Labute approximate surface area is 197 Å². The number of aromatic nitrogens is 1. The van der Waals surface area contributed by atoms with Crippen molar-refractivity contribution in [1.29, 1.82) is 0 Å². The van der Waals surface area contributed by atoms with E-state index in [9.17, 15) is 4.79 Å². The van der Waals surface area contributed by atoms with Crippen molar-refractivity contribution in [3.63, 3.8) is 0 Å². The molecule has 0 spiro atoms. The van der Waals surface area contributed by atoms with Crippen LogP contribution in [0.25, 0.3) is 0 Å². The highest BCUT2D eigenvalue weighted by atomic mass is 127. The lowest BCUT2D eigenvalue weighted by Crippen LogP contribution is -2.36. The highest BCUT2D eigenvalue weighted by Gasteiger charge is 2.08. The van der Waals surface area contributed by atoms with Crippen LogP contribution in [0, 0.1) is 13.8 Å². The molecule has 160 valence electrons. The molecule has 9 heteroatoms. The average molecular weight is 539 g/mol. The van der Waals surface area contributed by atoms with Gasteiger partial charge in [-0.3, -0.25) is 4.79 Å². The second-order valence-corrected chi connectivity index (χ2v) is 7.71. The van der Waals surface area contributed by atoms with Crippen molar-refractivity contribution in [1.82, 2.24) is 15.6 Å². The van der Waals surface area contributed by atoms with Crippen molar-refractivity contribution in [2.45, 2.75) is 33.9 Å². The number of aryl methyl sites for hydroxylation is 2. The summed E-state index contributed by atoms with van der Waals surface area (Å²) in [6, 6.07) is 10.9. The Kier molecular flexibility index (Phi) is 9.31. The first-order valence-electron chi connectivity index (χ1n) is 9.44. The van der Waals surface area contributed by atoms with Gasteiger partial charge in [-0.05, 0) is 50.6 Å². The van der Waals surface area contributed by atoms with E-state index >= 15 is 0 Å². The van der Waals surface area contributed by atoms with Gasteiger partial charge in [-0.15, -0.1) is 35.3 Å². The van der Waals surface area contributed by atoms with E-state index in [2.05, 4.69) is 32.9 Å². The van der Waals surface area contributed by atoms with Crippen LogP contribution in [0.15, 0.2) is 52.1 Å². The van der Waals surface area contributed by atoms with Crippen molar-refractivity contribution in [3.8, 4) is 0 Å². The second-order valence-electron chi connectivity index (χ2n) is 6.43. The Morgan fingerprint density at radius 2 is 1.93 bits per heavy atom. The Hall–Kier alpha value is -2.40. The number of halogens is 1. The summed E-state index contributed by atoms with van der Waals surface area (Å²) >= 11 is 1.70. The summed E-state index contributed by atoms with van der Waals surface area (Å²) in [5.41, 5.74) is 2.82. The highest BCUT2D eigenvalue weighted by Crippen LogP contribution is 2.16. The molecule has 1 aromatic carbocycles. The van der Waals surface area contributed by atoms with Crippen LogP contribution in [0.2, 0.25) is 0 Å². The normalized spacial score (nSPS) is 11.0. The molecule has 0 radical (unpaired) electrons. The van der Waals surface area contributed by atoms with Gasteiger partial charge in [0.1, 0.15) is 5.01 Å². The van der Waals surface area contributed by atoms with Crippen LogP contribution in [0.4, 0.5) is 5.69 Å². The Balaban J connectivity index is 0.00000320. The number of carbonyl (C=O) groups excluding carboxylic acids is 1. The third kappa shape index (κ3) is 6.84. The first-order valence-corrected chi connectivity index (χ1v) is 10.3. The van der Waals surface area contributed by atoms with Crippen LogP contribution < -0.4 is 16.0 Å². The number of rotatable bonds is 7. The van der Waals surface area contributed by atoms with E-state index in [0.29, 0.717) is 18.8 Å². The van der Waals surface area contributed by atoms with Gasteiger partial charge in [-0.1, -0.05) is 12.1 Å². The molecule has 0 unspecified atom stereocenters. The quantitative estimate of drug-likeness (QED) is 0.234. The lowest BCUT2D eigenvalue weighted by Gasteiger charge is -2.10. The SMILES string of the molecule is CCNC(=NCc1ccc(NC(=O)c2ccco2)cc1)NCc1nc(C)c(C)s1.I. The fourth-order valence-electron chi connectivity index (χ4n) is 2.58. The predicted octanol–water partition coefficient (Wildman–Crippen LogP) is 4.48. The molecule has 2 aromatic heterocycles. The number of amides is 1. The number of carbonyl (C=O) groups is 1. The maximum absolute atomic E-state index is 12.0. The van der Waals surface area contributed by atoms with E-state index in [1.54, 1.807) is 23.5 Å². The van der Waals surface area contributed by atoms with Gasteiger partial charge in [-0.2, -0.15) is 0 Å². The summed E-state index contributed by atoms with van der Waals surface area (Å²) in [6.45, 7) is 8.08. The number of hydrogen-bond donors (Lipinski definition) is 3. The number of anilines is 1. The molecule has 3 N–H and O–H groups in total. The number of benzene rings is 1. The van der Waals surface area contributed by atoms with E-state index in [1.165, 1.54) is 11.1 Å². The van der Waals surface area contributed by atoms with Crippen molar-refractivity contribution in [2.24, 2.45) is 4.99 Å². The van der Waals surface area contributed by atoms with Crippen LogP contribution in [0.5, 0.6) is 0 Å². The highest BCUT2D eigenvalue weighted by molar-refractivity contribution is 14.0. The van der Waals surface area contributed by atoms with E-state index in [0.717, 1.165) is 28.8 Å². The fourth-order valence-corrected chi connectivity index (χ4v) is 3.45. The van der Waals surface area contributed by atoms with Gasteiger partial charge in [0.15, 0.2) is 11.7 Å². The minimum absolute atomic E-state index is 0. The maximum Gasteiger partial charge on any atom is 0.291 e. The molecule has 0 aliphatic rings. The molecular formula is C21H26IN5O2S. The number of nitrogens with zero attached hydrogens (tertiary/aromatic N) is 2. The van der Waals surface area contributed by atoms with Crippen LogP contribution in [-0.2, 0) is 13.1 Å². The van der Waals surface area contributed by atoms with Gasteiger partial charge in [0.25, 0.3) is 5.91 Å². The van der Waals surface area contributed by atoms with Crippen molar-refractivity contribution >= 4 is 52.9 Å². The molecule has 7 nitrogen and oxygen atoms in total. The first-order chi connectivity index (χ1) is 14.0. The van der Waals surface area contributed by atoms with Crippen LogP contribution in [0.1, 0.15) is 38.6 Å². The van der Waals surface area contributed by atoms with Gasteiger partial charge >= 0.3 is 0 Å². The summed E-state index contributed by atoms with van der Waals surface area (Å²) in [6.07, 6.45) is 1.48. The van der Waals surface area contributed by atoms with Gasteiger partial charge in [0, 0.05) is 17.1 Å². The average Bonchev–Trinajstić information content (AvgIpc) is 3.35. The summed E-state index contributed by atoms with van der Waals surface area (Å²) in [7, 11) is 0. The van der Waals surface area contributed by atoms with Crippen molar-refractivity contribution < 1.29 is 9.21 Å². The first kappa shape index (κ1) is 23.9. The molecule has 1 amide bonds. The molecule has 0 saturated carbocycles. The van der Waals surface area contributed by atoms with E-state index < -0.39 is 0 Å². The van der Waals surface area contributed by atoms with Crippen LogP contribution >= 0.6 is 35.3 Å². The summed E-state index contributed by atoms with van der Waals surface area (Å²) in [5, 5.41) is 10.4. The lowest BCUT2D eigenvalue weighted by atomic mass is 10.2. The minimum Gasteiger partial charge on any atom is -0.459 e. The molecule has 0 aliphatic heterocycles. The third-order valence-corrected chi connectivity index (χ3v) is 5.27. The summed E-state index contributed by atoms with van der Waals surface area (Å²) < 4.78 is 5.09. The molecule has 3 aromatic rings. The fraction of sp³-hybridized carbons (Fsp3) is 0.286. The zero-order valence-corrected chi connectivity index (χ0v) is 20.3. The topological polar surface area (TPSA) is 91.5 Å². The van der Waals surface area contributed by atoms with Crippen molar-refractivity contribution in [3.05, 3.63) is 69.6 Å². The molecule has 3 rings (SSSR count). The molecule has 0 atom stereocenters. The second kappa shape index (κ2) is 11.7. The molecule has 0 fully saturated rings. The number of furan rings is 1. The van der Waals surface area contributed by atoms with Gasteiger partial charge in [-0.25, -0.2) is 9.98 Å². The molecule has 0 aliphatic carbocycles. The van der Waals surface area contributed by atoms with E-state index in [4.69, 9.17) is 4.42 Å². The van der Waals surface area contributed by atoms with E-state index in [1.807, 2.05) is 38.1 Å². The molecule has 0 bridgehead atoms. The number of aliphatic imine (C=N–C) groups is 1. The molecule has 30 heavy (non-hydrogen) atoms. The number of hydrogen-bond acceptors (Lipinski definition) is 5. The van der Waals surface area contributed by atoms with Gasteiger partial charge in [0.2, 0.25) is 0 Å². The number of nitrogens with one attached hydrogen (secondary N) is 3. The molecule has 2 heterocycles. The van der Waals surface area contributed by atoms with E-state index in [-0.39, 0.29) is 35.6 Å². The lowest BCUT2D eigenvalue weighted by molar-refractivity contribution is 0.0996. The zero-order valence-electron chi connectivity index (χ0n) is 17.2. The standard InChI is InChI=1S/C21H25N5O2S.HI/c1-4-22-21(24-13-19-25-14(2)15(3)29-19)23-12-16-7-9-17(10-8-16)26-20(27)18-6-5-11-28-18;/h5-11H,4,12-13H2,1-3H3,(H,26,27)(H2,22,23,24);1H. The smallest absolute Gasteiger partial charge is 0.291 e. The van der Waals surface area contributed by atoms with Gasteiger partial charge in [0.05, 0.1) is 25.0 Å². The molecular weight excluding hydrogens is 513 g/mol. The summed E-state index contributed by atoms with van der Waals surface area (Å²) in [4.78, 5) is 22.4. The zero-order chi connectivity index (χ0) is 20.6. The Morgan fingerprint density at radius 1 is 1.17 bits per heavy atom. The Bertz CT molecular complexity index is 948. The summed E-state index contributed by atoms with van der Waals surface area (Å²) in [5.74, 6) is 0.755. The maximum atomic E-state index is 12.0. The predicted molar refractivity (Wildman–Crippen MR) is 132 cm³/mol. The Morgan fingerprint density at radius 3 is 2.53 bits per heavy atom. The van der Waals surface area contributed by atoms with Crippen LogP contribution in [-0.4, -0.2) is 23.4 Å². The van der Waals surface area contributed by atoms with Crippen LogP contribution in [0.3, 0.4) is 0 Å². The molecule has 0 saturated heterocycles. The number of thiazole rings is 1. The monoisotopic (exact) mass is 539 g/mol. The van der Waals surface area contributed by atoms with Crippen molar-refractivity contribution in [2.75, 3.05) is 11.9 Å². The minimum atomic E-state index is -0.271. The number of guanidine groups is 1.